The van der Waals surface area contributed by atoms with Gasteiger partial charge in [0.05, 0.1) is 29.9 Å². The van der Waals surface area contributed by atoms with Crippen molar-refractivity contribution in [2.24, 2.45) is 5.92 Å². The third-order valence-corrected chi connectivity index (χ3v) is 6.69. The number of nitrogens with zero attached hydrogens (tertiary/aromatic N) is 3. The van der Waals surface area contributed by atoms with E-state index in [4.69, 9.17) is 9.84 Å². The molecule has 1 saturated carbocycles. The molecule has 0 bridgehead atoms. The Hall–Kier alpha value is -4.54. The zero-order chi connectivity index (χ0) is 27.7. The number of hydrogen-bond donors (Lipinski definition) is 2. The van der Waals surface area contributed by atoms with Gasteiger partial charge in [-0.25, -0.2) is 14.8 Å². The Bertz CT molecular complexity index is 1600. The number of carboxylic acids is 1. The summed E-state index contributed by atoms with van der Waals surface area (Å²) in [4.78, 5) is 18.8. The van der Waals surface area contributed by atoms with Gasteiger partial charge >= 0.3 is 12.1 Å². The molecule has 1 aliphatic carbocycles. The van der Waals surface area contributed by atoms with Crippen LogP contribution >= 0.6 is 0 Å². The highest BCUT2D eigenvalue weighted by Gasteiger charge is 2.40. The number of benzene rings is 2. The van der Waals surface area contributed by atoms with Crippen LogP contribution in [0.2, 0.25) is 0 Å². The second-order valence-corrected chi connectivity index (χ2v) is 9.09. The summed E-state index contributed by atoms with van der Waals surface area (Å²) in [6, 6.07) is 11.6. The van der Waals surface area contributed by atoms with E-state index in [1.165, 1.54) is 13.2 Å². The second-order valence-electron chi connectivity index (χ2n) is 9.09. The first-order chi connectivity index (χ1) is 18.7. The number of nitrogens with one attached hydrogen (secondary N) is 1. The fourth-order valence-corrected chi connectivity index (χ4v) is 4.62. The topological polar surface area (TPSA) is 101 Å². The predicted molar refractivity (Wildman–Crippen MR) is 136 cm³/mol. The fraction of sp³-hybridized carbons (Fsp3) is 0.214. The fourth-order valence-electron chi connectivity index (χ4n) is 4.62. The Morgan fingerprint density at radius 1 is 1.13 bits per heavy atom. The lowest BCUT2D eigenvalue weighted by molar-refractivity contribution is -0.142. The molecular formula is C28H22F4N4O3. The summed E-state index contributed by atoms with van der Waals surface area (Å²) < 4.78 is 62.3. The smallest absolute Gasteiger partial charge is 0.435 e. The van der Waals surface area contributed by atoms with Crippen molar-refractivity contribution < 1.29 is 32.2 Å². The van der Waals surface area contributed by atoms with Crippen LogP contribution in [-0.2, 0) is 11.0 Å². The molecule has 39 heavy (non-hydrogen) atoms. The average Bonchev–Trinajstić information content (AvgIpc) is 3.26. The number of carboxylic acid groups (broad SMARTS) is 1. The predicted octanol–water partition coefficient (Wildman–Crippen LogP) is 6.38. The minimum absolute atomic E-state index is 0.191. The number of halogens is 4. The van der Waals surface area contributed by atoms with Gasteiger partial charge in [-0.1, -0.05) is 36.8 Å². The normalized spacial score (nSPS) is 14.9. The van der Waals surface area contributed by atoms with Crippen LogP contribution in [0.15, 0.2) is 54.7 Å². The number of aromatic nitrogens is 4. The molecule has 0 unspecified atom stereocenters. The lowest BCUT2D eigenvalue weighted by atomic mass is 9.73. The molecule has 7 nitrogen and oxygen atoms in total. The molecule has 2 aromatic heterocycles. The Kier molecular flexibility index (Phi) is 6.90. The van der Waals surface area contributed by atoms with Crippen molar-refractivity contribution in [2.45, 2.75) is 25.4 Å². The van der Waals surface area contributed by atoms with E-state index in [1.807, 2.05) is 0 Å². The van der Waals surface area contributed by atoms with Crippen LogP contribution in [0, 0.1) is 11.9 Å². The van der Waals surface area contributed by atoms with Gasteiger partial charge in [0.15, 0.2) is 5.69 Å². The molecule has 200 valence electrons. The van der Waals surface area contributed by atoms with Gasteiger partial charge in [-0.15, -0.1) is 5.10 Å². The van der Waals surface area contributed by atoms with Gasteiger partial charge in [0.25, 0.3) is 0 Å². The van der Waals surface area contributed by atoms with Gasteiger partial charge in [-0.3, -0.25) is 5.10 Å². The van der Waals surface area contributed by atoms with E-state index in [9.17, 15) is 22.4 Å². The molecule has 0 radical (unpaired) electrons. The number of aliphatic carboxylic acids is 1. The quantitative estimate of drug-likeness (QED) is 0.209. The van der Waals surface area contributed by atoms with Crippen molar-refractivity contribution >= 4 is 34.1 Å². The summed E-state index contributed by atoms with van der Waals surface area (Å²) in [5.74, 6) is -2.36. The minimum atomic E-state index is -4.82. The highest BCUT2D eigenvalue weighted by atomic mass is 19.4. The lowest BCUT2D eigenvalue weighted by Crippen LogP contribution is -2.21. The molecule has 1 aliphatic rings. The molecule has 11 heteroatoms. The summed E-state index contributed by atoms with van der Waals surface area (Å²) in [7, 11) is 1.22. The van der Waals surface area contributed by atoms with Crippen LogP contribution in [0.3, 0.4) is 0 Å². The van der Waals surface area contributed by atoms with Crippen LogP contribution in [0.5, 0.6) is 5.88 Å². The van der Waals surface area contributed by atoms with E-state index in [-0.39, 0.29) is 22.9 Å². The highest BCUT2D eigenvalue weighted by molar-refractivity contribution is 6.01. The van der Waals surface area contributed by atoms with Crippen molar-refractivity contribution in [1.29, 1.82) is 0 Å². The SMILES string of the molecule is COc1cnc(/C(=C(\c2ccc(/C=C/C(=O)O)cc2)c2ccc3[nH]nc(F)c3c2)C2CCC2)c(C(F)(F)F)n1. The van der Waals surface area contributed by atoms with Crippen molar-refractivity contribution in [2.75, 3.05) is 7.11 Å². The number of allylic oxidation sites excluding steroid dienone is 1. The van der Waals surface area contributed by atoms with E-state index in [0.29, 0.717) is 46.2 Å². The molecule has 1 fully saturated rings. The van der Waals surface area contributed by atoms with Crippen molar-refractivity contribution in [3.05, 3.63) is 88.8 Å². The zero-order valence-corrected chi connectivity index (χ0v) is 20.6. The van der Waals surface area contributed by atoms with Gasteiger partial charge in [0.1, 0.15) is 0 Å². The first kappa shape index (κ1) is 26.1. The van der Waals surface area contributed by atoms with Gasteiger partial charge in [-0.05, 0) is 64.8 Å². The molecule has 0 saturated heterocycles. The van der Waals surface area contributed by atoms with Gasteiger partial charge in [0, 0.05) is 6.08 Å². The van der Waals surface area contributed by atoms with Crippen LogP contribution in [-0.4, -0.2) is 38.4 Å². The number of H-pyrrole nitrogens is 1. The zero-order valence-electron chi connectivity index (χ0n) is 20.6. The van der Waals surface area contributed by atoms with Crippen molar-refractivity contribution in [3.63, 3.8) is 0 Å². The first-order valence-electron chi connectivity index (χ1n) is 12.0. The Labute approximate surface area is 219 Å². The Balaban J connectivity index is 1.82. The molecule has 0 aliphatic heterocycles. The van der Waals surface area contributed by atoms with Crippen molar-refractivity contribution in [1.82, 2.24) is 20.2 Å². The maximum atomic E-state index is 14.5. The molecule has 4 aromatic rings. The minimum Gasteiger partial charge on any atom is -0.480 e. The first-order valence-corrected chi connectivity index (χ1v) is 12.0. The molecule has 0 amide bonds. The monoisotopic (exact) mass is 538 g/mol. The van der Waals surface area contributed by atoms with Crippen molar-refractivity contribution in [3.8, 4) is 5.88 Å². The second kappa shape index (κ2) is 10.3. The van der Waals surface area contributed by atoms with Crippen LogP contribution in [0.4, 0.5) is 17.6 Å². The molecule has 2 N–H and O–H groups in total. The number of aromatic amines is 1. The molecule has 0 spiro atoms. The largest absolute Gasteiger partial charge is 0.480 e. The molecule has 0 atom stereocenters. The van der Waals surface area contributed by atoms with Crippen LogP contribution in [0.25, 0.3) is 28.1 Å². The average molecular weight is 539 g/mol. The number of fused-ring (bicyclic) bond motifs is 1. The van der Waals surface area contributed by atoms with Crippen LogP contribution in [0.1, 0.15) is 47.3 Å². The number of alkyl halides is 3. The highest BCUT2D eigenvalue weighted by Crippen LogP contribution is 2.47. The number of ether oxygens (including phenoxy) is 1. The number of rotatable bonds is 7. The van der Waals surface area contributed by atoms with E-state index in [0.717, 1.165) is 18.7 Å². The lowest BCUT2D eigenvalue weighted by Gasteiger charge is -2.32. The maximum Gasteiger partial charge on any atom is 0.435 e. The van der Waals surface area contributed by atoms with Gasteiger partial charge in [0.2, 0.25) is 11.8 Å². The maximum absolute atomic E-state index is 14.5. The van der Waals surface area contributed by atoms with Crippen LogP contribution < -0.4 is 4.74 Å². The third-order valence-electron chi connectivity index (χ3n) is 6.69. The standard InChI is InChI=1S/C28H22F4N4O3/c1-39-21-14-33-25(26(34-21)28(30,31)32)24(16-3-2-4-16)23(17-8-5-15(6-9-17)7-12-22(37)38)18-10-11-20-19(13-18)27(29)36-35-20/h5-14,16H,2-4H2,1H3,(H,35,36)(H,37,38)/b12-7+,24-23+. The van der Waals surface area contributed by atoms with Gasteiger partial charge < -0.3 is 9.84 Å². The number of methoxy groups -OCH3 is 1. The van der Waals surface area contributed by atoms with E-state index < -0.39 is 23.8 Å². The summed E-state index contributed by atoms with van der Waals surface area (Å²) in [5.41, 5.74) is 1.37. The van der Waals surface area contributed by atoms with Gasteiger partial charge in [-0.2, -0.15) is 17.6 Å². The molecule has 2 heterocycles. The molecular weight excluding hydrogens is 516 g/mol. The summed E-state index contributed by atoms with van der Waals surface area (Å²) >= 11 is 0. The van der Waals surface area contributed by atoms with E-state index in [1.54, 1.807) is 42.5 Å². The number of carbonyl (C=O) groups is 1. The summed E-state index contributed by atoms with van der Waals surface area (Å²) in [6.45, 7) is 0. The summed E-state index contributed by atoms with van der Waals surface area (Å²) in [5, 5.41) is 15.3. The van der Waals surface area contributed by atoms with E-state index in [2.05, 4.69) is 20.2 Å². The van der Waals surface area contributed by atoms with E-state index >= 15 is 0 Å². The third kappa shape index (κ3) is 5.25. The molecule has 2 aromatic carbocycles. The Morgan fingerprint density at radius 3 is 2.46 bits per heavy atom. The number of hydrogen-bond acceptors (Lipinski definition) is 5. The summed E-state index contributed by atoms with van der Waals surface area (Å²) in [6.07, 6.45) is 0.857. The Morgan fingerprint density at radius 2 is 1.85 bits per heavy atom. The molecule has 5 rings (SSSR count).